The summed E-state index contributed by atoms with van der Waals surface area (Å²) in [5, 5.41) is 10.7. The Hall–Kier alpha value is -2.45. The van der Waals surface area contributed by atoms with Gasteiger partial charge in [0.15, 0.2) is 0 Å². The van der Waals surface area contributed by atoms with Crippen LogP contribution in [0.5, 0.6) is 5.75 Å². The number of hydrogen-bond acceptors (Lipinski definition) is 5. The zero-order chi connectivity index (χ0) is 16.2. The number of ether oxygens (including phenoxy) is 1. The van der Waals surface area contributed by atoms with E-state index in [-0.39, 0.29) is 17.1 Å². The average molecular weight is 322 g/mol. The molecule has 2 rings (SSSR count). The molecule has 22 heavy (non-hydrogen) atoms. The molecule has 0 aromatic heterocycles. The molecule has 0 aliphatic heterocycles. The van der Waals surface area contributed by atoms with Gasteiger partial charge in [-0.15, -0.1) is 0 Å². The molecule has 0 radical (unpaired) electrons. The van der Waals surface area contributed by atoms with E-state index < -0.39 is 14.9 Å². The van der Waals surface area contributed by atoms with Crippen molar-refractivity contribution in [2.75, 3.05) is 7.11 Å². The minimum Gasteiger partial charge on any atom is -0.496 e. The molecule has 0 heterocycles. The zero-order valence-corrected chi connectivity index (χ0v) is 12.5. The van der Waals surface area contributed by atoms with Crippen molar-refractivity contribution >= 4 is 15.7 Å². The van der Waals surface area contributed by atoms with Crippen molar-refractivity contribution in [2.24, 2.45) is 0 Å². The van der Waals surface area contributed by atoms with Crippen LogP contribution in [0.4, 0.5) is 5.69 Å². The Labute approximate surface area is 127 Å². The molecule has 0 atom stereocenters. The first kappa shape index (κ1) is 15.9. The monoisotopic (exact) mass is 322 g/mol. The summed E-state index contributed by atoms with van der Waals surface area (Å²) in [6.07, 6.45) is 0. The average Bonchev–Trinajstić information content (AvgIpc) is 2.53. The fourth-order valence-corrected chi connectivity index (χ4v) is 2.92. The summed E-state index contributed by atoms with van der Waals surface area (Å²) in [4.78, 5) is 9.92. The second-order valence-electron chi connectivity index (χ2n) is 4.39. The number of non-ortho nitro benzene ring substituents is 1. The standard InChI is InChI=1S/C14H14N2O5S/c1-21-14-8-3-2-5-11(14)10-15-22(19,20)13-7-4-6-12(9-13)16(17)18/h2-9,15H,10H2,1H3. The lowest BCUT2D eigenvalue weighted by atomic mass is 10.2. The largest absolute Gasteiger partial charge is 0.496 e. The van der Waals surface area contributed by atoms with Gasteiger partial charge in [-0.2, -0.15) is 0 Å². The van der Waals surface area contributed by atoms with E-state index in [9.17, 15) is 18.5 Å². The van der Waals surface area contributed by atoms with Crippen molar-refractivity contribution in [3.63, 3.8) is 0 Å². The second-order valence-corrected chi connectivity index (χ2v) is 6.16. The van der Waals surface area contributed by atoms with Crippen LogP contribution in [0.1, 0.15) is 5.56 Å². The molecule has 0 unspecified atom stereocenters. The van der Waals surface area contributed by atoms with Crippen molar-refractivity contribution < 1.29 is 18.1 Å². The molecular weight excluding hydrogens is 308 g/mol. The third kappa shape index (κ3) is 3.60. The molecule has 116 valence electrons. The van der Waals surface area contributed by atoms with Crippen LogP contribution < -0.4 is 9.46 Å². The maximum Gasteiger partial charge on any atom is 0.270 e. The smallest absolute Gasteiger partial charge is 0.270 e. The van der Waals surface area contributed by atoms with Crippen LogP contribution in [0.2, 0.25) is 0 Å². The van der Waals surface area contributed by atoms with Gasteiger partial charge >= 0.3 is 0 Å². The first-order valence-electron chi connectivity index (χ1n) is 6.30. The number of methoxy groups -OCH3 is 1. The molecule has 0 fully saturated rings. The quantitative estimate of drug-likeness (QED) is 0.648. The van der Waals surface area contributed by atoms with E-state index in [1.807, 2.05) is 0 Å². The molecule has 1 N–H and O–H groups in total. The van der Waals surface area contributed by atoms with Gasteiger partial charge < -0.3 is 4.74 Å². The lowest BCUT2D eigenvalue weighted by molar-refractivity contribution is -0.385. The topological polar surface area (TPSA) is 98.5 Å². The third-order valence-electron chi connectivity index (χ3n) is 2.98. The SMILES string of the molecule is COc1ccccc1CNS(=O)(=O)c1cccc([N+](=O)[O-])c1. The van der Waals surface area contributed by atoms with Gasteiger partial charge in [-0.25, -0.2) is 13.1 Å². The number of nitro benzene ring substituents is 1. The number of benzene rings is 2. The summed E-state index contributed by atoms with van der Waals surface area (Å²) in [6, 6.07) is 11.9. The predicted molar refractivity (Wildman–Crippen MR) is 80.1 cm³/mol. The number of hydrogen-bond donors (Lipinski definition) is 1. The van der Waals surface area contributed by atoms with E-state index >= 15 is 0 Å². The van der Waals surface area contributed by atoms with E-state index in [1.54, 1.807) is 24.3 Å². The summed E-state index contributed by atoms with van der Waals surface area (Å²) in [5.74, 6) is 0.559. The van der Waals surface area contributed by atoms with Crippen LogP contribution >= 0.6 is 0 Å². The van der Waals surface area contributed by atoms with Gasteiger partial charge in [-0.3, -0.25) is 10.1 Å². The molecule has 8 heteroatoms. The number of para-hydroxylation sites is 1. The second kappa shape index (κ2) is 6.54. The molecule has 0 bridgehead atoms. The highest BCUT2D eigenvalue weighted by Gasteiger charge is 2.17. The summed E-state index contributed by atoms with van der Waals surface area (Å²) in [5.41, 5.74) is 0.388. The Morgan fingerprint density at radius 3 is 2.59 bits per heavy atom. The van der Waals surface area contributed by atoms with E-state index in [2.05, 4.69) is 4.72 Å². The normalized spacial score (nSPS) is 11.1. The van der Waals surface area contributed by atoms with Gasteiger partial charge in [-0.05, 0) is 12.1 Å². The Balaban J connectivity index is 2.21. The third-order valence-corrected chi connectivity index (χ3v) is 4.38. The minimum absolute atomic E-state index is 0.0229. The highest BCUT2D eigenvalue weighted by molar-refractivity contribution is 7.89. The first-order chi connectivity index (χ1) is 10.4. The van der Waals surface area contributed by atoms with E-state index in [0.29, 0.717) is 11.3 Å². The molecule has 7 nitrogen and oxygen atoms in total. The van der Waals surface area contributed by atoms with Crippen molar-refractivity contribution in [2.45, 2.75) is 11.4 Å². The number of nitrogens with zero attached hydrogens (tertiary/aromatic N) is 1. The van der Waals surface area contributed by atoms with Gasteiger partial charge in [0.05, 0.1) is 16.9 Å². The summed E-state index contributed by atoms with van der Waals surface area (Å²) < 4.78 is 32.0. The molecule has 2 aromatic carbocycles. The summed E-state index contributed by atoms with van der Waals surface area (Å²) in [6.45, 7) is 0.0229. The van der Waals surface area contributed by atoms with Crippen molar-refractivity contribution in [1.82, 2.24) is 4.72 Å². The fraction of sp³-hybridized carbons (Fsp3) is 0.143. The molecule has 0 spiro atoms. The fourth-order valence-electron chi connectivity index (χ4n) is 1.87. The van der Waals surface area contributed by atoms with Crippen LogP contribution in [0.15, 0.2) is 53.4 Å². The van der Waals surface area contributed by atoms with E-state index in [1.165, 1.54) is 25.3 Å². The van der Waals surface area contributed by atoms with Crippen molar-refractivity contribution in [1.29, 1.82) is 0 Å². The van der Waals surface area contributed by atoms with Crippen molar-refractivity contribution in [3.8, 4) is 5.75 Å². The molecular formula is C14H14N2O5S. The lowest BCUT2D eigenvalue weighted by Gasteiger charge is -2.10. The van der Waals surface area contributed by atoms with Crippen LogP contribution in [-0.4, -0.2) is 20.5 Å². The number of nitrogens with one attached hydrogen (secondary N) is 1. The van der Waals surface area contributed by atoms with E-state index in [4.69, 9.17) is 4.74 Å². The lowest BCUT2D eigenvalue weighted by Crippen LogP contribution is -2.23. The minimum atomic E-state index is -3.85. The molecule has 0 saturated heterocycles. The van der Waals surface area contributed by atoms with Crippen LogP contribution in [0.3, 0.4) is 0 Å². The molecule has 0 saturated carbocycles. The number of sulfonamides is 1. The van der Waals surface area contributed by atoms with Crippen LogP contribution in [0.25, 0.3) is 0 Å². The maximum absolute atomic E-state index is 12.2. The maximum atomic E-state index is 12.2. The Morgan fingerprint density at radius 2 is 1.91 bits per heavy atom. The molecule has 0 aliphatic carbocycles. The Bertz CT molecular complexity index is 789. The number of rotatable bonds is 6. The van der Waals surface area contributed by atoms with Gasteiger partial charge in [-0.1, -0.05) is 24.3 Å². The molecule has 0 amide bonds. The highest BCUT2D eigenvalue weighted by atomic mass is 32.2. The van der Waals surface area contributed by atoms with E-state index in [0.717, 1.165) is 6.07 Å². The Morgan fingerprint density at radius 1 is 1.18 bits per heavy atom. The Kier molecular flexibility index (Phi) is 4.74. The van der Waals surface area contributed by atoms with Crippen LogP contribution in [-0.2, 0) is 16.6 Å². The molecule has 2 aromatic rings. The summed E-state index contributed by atoms with van der Waals surface area (Å²) >= 11 is 0. The molecule has 0 aliphatic rings. The van der Waals surface area contributed by atoms with Gasteiger partial charge in [0, 0.05) is 24.2 Å². The van der Waals surface area contributed by atoms with Crippen molar-refractivity contribution in [3.05, 3.63) is 64.2 Å². The van der Waals surface area contributed by atoms with Crippen LogP contribution in [0, 0.1) is 10.1 Å². The highest BCUT2D eigenvalue weighted by Crippen LogP contribution is 2.20. The first-order valence-corrected chi connectivity index (χ1v) is 7.78. The van der Waals surface area contributed by atoms with Gasteiger partial charge in [0.2, 0.25) is 10.0 Å². The predicted octanol–water partition coefficient (Wildman–Crippen LogP) is 2.08. The van der Waals surface area contributed by atoms with Gasteiger partial charge in [0.1, 0.15) is 5.75 Å². The summed E-state index contributed by atoms with van der Waals surface area (Å²) in [7, 11) is -2.36. The zero-order valence-electron chi connectivity index (χ0n) is 11.7. The number of nitro groups is 1. The van der Waals surface area contributed by atoms with Gasteiger partial charge in [0.25, 0.3) is 5.69 Å².